The Labute approximate surface area is 140 Å². The first-order valence-electron chi connectivity index (χ1n) is 7.90. The van der Waals surface area contributed by atoms with E-state index >= 15 is 0 Å². The summed E-state index contributed by atoms with van der Waals surface area (Å²) in [6, 6.07) is 6.45. The normalized spacial score (nSPS) is 18.2. The summed E-state index contributed by atoms with van der Waals surface area (Å²) in [6.45, 7) is 4.49. The summed E-state index contributed by atoms with van der Waals surface area (Å²) in [7, 11) is 0. The maximum atomic E-state index is 11.9. The van der Waals surface area contributed by atoms with E-state index in [2.05, 4.69) is 26.3 Å². The van der Waals surface area contributed by atoms with Crippen LogP contribution < -0.4 is 15.8 Å². The van der Waals surface area contributed by atoms with E-state index < -0.39 is 0 Å². The van der Waals surface area contributed by atoms with Gasteiger partial charge >= 0.3 is 0 Å². The first kappa shape index (κ1) is 16.0. The van der Waals surface area contributed by atoms with Crippen molar-refractivity contribution in [2.45, 2.75) is 32.4 Å². The Morgan fingerprint density at radius 3 is 3.13 bits per heavy atom. The van der Waals surface area contributed by atoms with E-state index in [1.807, 2.05) is 19.1 Å². The highest BCUT2D eigenvalue weighted by Gasteiger charge is 2.22. The zero-order chi connectivity index (χ0) is 16.2. The number of aromatic amines is 1. The number of halogens is 1. The van der Waals surface area contributed by atoms with E-state index in [-0.39, 0.29) is 5.56 Å². The van der Waals surface area contributed by atoms with Gasteiger partial charge in [-0.15, -0.1) is 0 Å². The van der Waals surface area contributed by atoms with Gasteiger partial charge in [-0.3, -0.25) is 4.79 Å². The maximum Gasteiger partial charge on any atom is 0.290 e. The van der Waals surface area contributed by atoms with E-state index in [4.69, 9.17) is 11.6 Å². The Morgan fingerprint density at radius 2 is 2.35 bits per heavy atom. The lowest BCUT2D eigenvalue weighted by molar-refractivity contribution is 0.419. The molecule has 23 heavy (non-hydrogen) atoms. The van der Waals surface area contributed by atoms with Crippen molar-refractivity contribution in [2.75, 3.05) is 18.0 Å². The molecule has 0 aliphatic carbocycles. The van der Waals surface area contributed by atoms with Gasteiger partial charge < -0.3 is 15.2 Å². The van der Waals surface area contributed by atoms with Crippen LogP contribution >= 0.6 is 11.6 Å². The number of anilines is 1. The van der Waals surface area contributed by atoms with Crippen LogP contribution in [0.1, 0.15) is 24.0 Å². The van der Waals surface area contributed by atoms with Crippen molar-refractivity contribution in [3.05, 3.63) is 57.1 Å². The minimum atomic E-state index is -0.124. The molecule has 3 rings (SSSR count). The molecule has 0 amide bonds. The van der Waals surface area contributed by atoms with Crippen LogP contribution in [0, 0.1) is 6.92 Å². The van der Waals surface area contributed by atoms with Crippen molar-refractivity contribution in [2.24, 2.45) is 0 Å². The van der Waals surface area contributed by atoms with Crippen LogP contribution in [-0.2, 0) is 6.54 Å². The van der Waals surface area contributed by atoms with Crippen LogP contribution in [0.2, 0.25) is 5.02 Å². The first-order valence-corrected chi connectivity index (χ1v) is 8.28. The number of rotatable bonds is 4. The Bertz CT molecular complexity index is 731. The minimum absolute atomic E-state index is 0.124. The summed E-state index contributed by atoms with van der Waals surface area (Å²) in [5.41, 5.74) is 2.19. The van der Waals surface area contributed by atoms with E-state index in [1.54, 1.807) is 12.4 Å². The third-order valence-electron chi connectivity index (χ3n) is 4.23. The average Bonchev–Trinajstić information content (AvgIpc) is 2.57. The monoisotopic (exact) mass is 332 g/mol. The number of aromatic nitrogens is 2. The molecule has 2 aromatic rings. The van der Waals surface area contributed by atoms with Gasteiger partial charge in [-0.25, -0.2) is 4.98 Å². The van der Waals surface area contributed by atoms with Crippen LogP contribution in [0.3, 0.4) is 0 Å². The van der Waals surface area contributed by atoms with E-state index in [0.717, 1.165) is 43.1 Å². The molecule has 0 saturated carbocycles. The molecule has 1 aliphatic rings. The van der Waals surface area contributed by atoms with Crippen molar-refractivity contribution >= 4 is 17.4 Å². The molecule has 1 aromatic carbocycles. The maximum absolute atomic E-state index is 11.9. The van der Waals surface area contributed by atoms with Gasteiger partial charge in [0, 0.05) is 43.1 Å². The van der Waals surface area contributed by atoms with Gasteiger partial charge in [0.2, 0.25) is 0 Å². The summed E-state index contributed by atoms with van der Waals surface area (Å²) in [5.74, 6) is 0.515. The molecular weight excluding hydrogens is 312 g/mol. The van der Waals surface area contributed by atoms with Gasteiger partial charge in [0.1, 0.15) is 0 Å². The Hall–Kier alpha value is -1.85. The van der Waals surface area contributed by atoms with Crippen molar-refractivity contribution in [1.29, 1.82) is 0 Å². The number of aryl methyl sites for hydroxylation is 1. The number of benzene rings is 1. The molecule has 0 spiro atoms. The van der Waals surface area contributed by atoms with E-state index in [1.165, 1.54) is 5.56 Å². The molecule has 0 bridgehead atoms. The van der Waals surface area contributed by atoms with E-state index in [9.17, 15) is 4.79 Å². The third-order valence-corrected chi connectivity index (χ3v) is 4.65. The minimum Gasteiger partial charge on any atom is -0.350 e. The van der Waals surface area contributed by atoms with Crippen molar-refractivity contribution < 1.29 is 0 Å². The zero-order valence-electron chi connectivity index (χ0n) is 13.2. The fourth-order valence-corrected chi connectivity index (χ4v) is 3.10. The van der Waals surface area contributed by atoms with Gasteiger partial charge in [0.15, 0.2) is 5.82 Å². The highest BCUT2D eigenvalue weighted by molar-refractivity contribution is 6.31. The smallest absolute Gasteiger partial charge is 0.290 e. The molecule has 2 N–H and O–H groups in total. The van der Waals surface area contributed by atoms with Gasteiger partial charge in [-0.1, -0.05) is 23.7 Å². The summed E-state index contributed by atoms with van der Waals surface area (Å²) in [4.78, 5) is 20.8. The molecule has 0 radical (unpaired) electrons. The Balaban J connectivity index is 1.62. The standard InChI is InChI=1S/C17H21ClN4O/c1-12-9-13(4-5-15(12)18)10-21-14-3-2-8-22(11-14)16-17(23)20-7-6-19-16/h4-7,9,14,21H,2-3,8,10-11H2,1H3,(H,20,23)/t14-/m0/s1. The summed E-state index contributed by atoms with van der Waals surface area (Å²) < 4.78 is 0. The SMILES string of the molecule is Cc1cc(CN[C@H]2CCCN(c3ncc[nH]c3=O)C2)ccc1Cl. The van der Waals surface area contributed by atoms with Crippen LogP contribution in [0.15, 0.2) is 35.4 Å². The van der Waals surface area contributed by atoms with Crippen LogP contribution in [0.25, 0.3) is 0 Å². The second kappa shape index (κ2) is 7.15. The molecule has 6 heteroatoms. The van der Waals surface area contributed by atoms with Crippen molar-refractivity contribution in [3.63, 3.8) is 0 Å². The average molecular weight is 333 g/mol. The van der Waals surface area contributed by atoms with E-state index in [0.29, 0.717) is 11.9 Å². The largest absolute Gasteiger partial charge is 0.350 e. The lowest BCUT2D eigenvalue weighted by atomic mass is 10.0. The summed E-state index contributed by atoms with van der Waals surface area (Å²) >= 11 is 6.06. The van der Waals surface area contributed by atoms with Gasteiger partial charge in [0.05, 0.1) is 0 Å². The van der Waals surface area contributed by atoms with Gasteiger partial charge in [-0.05, 0) is 37.0 Å². The number of hydrogen-bond donors (Lipinski definition) is 2. The van der Waals surface area contributed by atoms with Crippen LogP contribution in [0.4, 0.5) is 5.82 Å². The second-order valence-electron chi connectivity index (χ2n) is 5.99. The lowest BCUT2D eigenvalue weighted by Crippen LogP contribution is -2.47. The quantitative estimate of drug-likeness (QED) is 0.903. The van der Waals surface area contributed by atoms with Gasteiger partial charge in [-0.2, -0.15) is 0 Å². The molecule has 122 valence electrons. The number of nitrogens with one attached hydrogen (secondary N) is 2. The Morgan fingerprint density at radius 1 is 1.48 bits per heavy atom. The molecule has 5 nitrogen and oxygen atoms in total. The molecule has 1 saturated heterocycles. The fourth-order valence-electron chi connectivity index (χ4n) is 2.98. The Kier molecular flexibility index (Phi) is 4.98. The molecule has 1 aromatic heterocycles. The molecule has 1 fully saturated rings. The van der Waals surface area contributed by atoms with Crippen molar-refractivity contribution in [1.82, 2.24) is 15.3 Å². The highest BCUT2D eigenvalue weighted by Crippen LogP contribution is 2.18. The molecule has 1 aliphatic heterocycles. The predicted octanol–water partition coefficient (Wildman–Crippen LogP) is 2.49. The van der Waals surface area contributed by atoms with Crippen LogP contribution in [-0.4, -0.2) is 29.1 Å². The number of piperidine rings is 1. The zero-order valence-corrected chi connectivity index (χ0v) is 13.9. The van der Waals surface area contributed by atoms with Gasteiger partial charge in [0.25, 0.3) is 5.56 Å². The molecular formula is C17H21ClN4O. The fraction of sp³-hybridized carbons (Fsp3) is 0.412. The van der Waals surface area contributed by atoms with Crippen LogP contribution in [0.5, 0.6) is 0 Å². The molecule has 1 atom stereocenters. The highest BCUT2D eigenvalue weighted by atomic mass is 35.5. The molecule has 0 unspecified atom stereocenters. The lowest BCUT2D eigenvalue weighted by Gasteiger charge is -2.33. The second-order valence-corrected chi connectivity index (χ2v) is 6.40. The topological polar surface area (TPSA) is 61.0 Å². The van der Waals surface area contributed by atoms with Crippen molar-refractivity contribution in [3.8, 4) is 0 Å². The summed E-state index contributed by atoms with van der Waals surface area (Å²) in [5, 5.41) is 4.38. The third kappa shape index (κ3) is 3.92. The molecule has 2 heterocycles. The number of hydrogen-bond acceptors (Lipinski definition) is 4. The summed E-state index contributed by atoms with van der Waals surface area (Å²) in [6.07, 6.45) is 5.35. The first-order chi connectivity index (χ1) is 11.1. The number of H-pyrrole nitrogens is 1. The number of nitrogens with zero attached hydrogens (tertiary/aromatic N) is 2. The predicted molar refractivity (Wildman–Crippen MR) is 93.1 cm³/mol.